The van der Waals surface area contributed by atoms with Gasteiger partial charge in [-0.1, -0.05) is 19.9 Å². The summed E-state index contributed by atoms with van der Waals surface area (Å²) in [5, 5.41) is 0. The Morgan fingerprint density at radius 2 is 2.00 bits per heavy atom. The zero-order valence-corrected chi connectivity index (χ0v) is 11.9. The van der Waals surface area contributed by atoms with E-state index in [4.69, 9.17) is 5.73 Å². The molecule has 1 aromatic rings. The molecule has 1 rings (SSSR count). The molecular formula is C15H24N2O. The van der Waals surface area contributed by atoms with Crippen molar-refractivity contribution in [2.75, 3.05) is 18.5 Å². The highest BCUT2D eigenvalue weighted by Crippen LogP contribution is 2.23. The second-order valence-corrected chi connectivity index (χ2v) is 5.25. The van der Waals surface area contributed by atoms with Crippen LogP contribution in [0.2, 0.25) is 0 Å². The molecule has 1 aromatic carbocycles. The Labute approximate surface area is 110 Å². The van der Waals surface area contributed by atoms with E-state index in [2.05, 4.69) is 50.9 Å². The maximum absolute atomic E-state index is 10.7. The van der Waals surface area contributed by atoms with Gasteiger partial charge in [-0.2, -0.15) is 0 Å². The summed E-state index contributed by atoms with van der Waals surface area (Å²) in [6.45, 7) is 7.37. The minimum atomic E-state index is -0.226. The molecule has 3 heteroatoms. The Bertz CT molecular complexity index is 413. The van der Waals surface area contributed by atoms with Gasteiger partial charge in [0.1, 0.15) is 0 Å². The average molecular weight is 248 g/mol. The van der Waals surface area contributed by atoms with Crippen LogP contribution in [-0.2, 0) is 4.79 Å². The molecule has 100 valence electrons. The molecule has 0 aliphatic heterocycles. The number of amides is 1. The normalized spacial score (nSPS) is 10.7. The van der Waals surface area contributed by atoms with Crippen LogP contribution >= 0.6 is 0 Å². The lowest BCUT2D eigenvalue weighted by Crippen LogP contribution is -2.21. The summed E-state index contributed by atoms with van der Waals surface area (Å²) in [6, 6.07) is 6.63. The largest absolute Gasteiger partial charge is 0.375 e. The summed E-state index contributed by atoms with van der Waals surface area (Å²) < 4.78 is 0. The Balaban J connectivity index is 2.72. The van der Waals surface area contributed by atoms with Gasteiger partial charge in [0.2, 0.25) is 5.91 Å². The van der Waals surface area contributed by atoms with Crippen LogP contribution in [0.15, 0.2) is 18.2 Å². The number of benzene rings is 1. The van der Waals surface area contributed by atoms with Crippen LogP contribution in [0.25, 0.3) is 0 Å². The highest BCUT2D eigenvalue weighted by molar-refractivity contribution is 5.73. The molecular weight excluding hydrogens is 224 g/mol. The predicted octanol–water partition coefficient (Wildman–Crippen LogP) is 2.82. The maximum atomic E-state index is 10.7. The van der Waals surface area contributed by atoms with Crippen molar-refractivity contribution in [2.24, 2.45) is 5.73 Å². The van der Waals surface area contributed by atoms with Crippen LogP contribution in [0.5, 0.6) is 0 Å². The summed E-state index contributed by atoms with van der Waals surface area (Å²) >= 11 is 0. The third-order valence-corrected chi connectivity index (χ3v) is 3.11. The number of rotatable bonds is 6. The number of hydrogen-bond acceptors (Lipinski definition) is 2. The van der Waals surface area contributed by atoms with Gasteiger partial charge in [0.25, 0.3) is 0 Å². The van der Waals surface area contributed by atoms with Crippen molar-refractivity contribution < 1.29 is 4.79 Å². The average Bonchev–Trinajstić information content (AvgIpc) is 2.27. The van der Waals surface area contributed by atoms with E-state index in [9.17, 15) is 4.79 Å². The van der Waals surface area contributed by atoms with Crippen LogP contribution in [-0.4, -0.2) is 19.5 Å². The molecule has 1 amide bonds. The van der Waals surface area contributed by atoms with Crippen molar-refractivity contribution >= 4 is 11.6 Å². The molecule has 0 atom stereocenters. The molecule has 0 fully saturated rings. The molecule has 3 nitrogen and oxygen atoms in total. The Morgan fingerprint density at radius 3 is 2.56 bits per heavy atom. The lowest BCUT2D eigenvalue weighted by atomic mass is 10.00. The number of carbonyl (C=O) groups is 1. The SMILES string of the molecule is Cc1cc(C(C)C)cc(N(C)CCCC(N)=O)c1. The first kappa shape index (κ1) is 14.6. The maximum Gasteiger partial charge on any atom is 0.217 e. The van der Waals surface area contributed by atoms with E-state index in [1.165, 1.54) is 16.8 Å². The van der Waals surface area contributed by atoms with Gasteiger partial charge in [-0.15, -0.1) is 0 Å². The summed E-state index contributed by atoms with van der Waals surface area (Å²) in [5.74, 6) is 0.304. The first-order valence-electron chi connectivity index (χ1n) is 6.51. The number of anilines is 1. The van der Waals surface area contributed by atoms with Crippen molar-refractivity contribution in [1.29, 1.82) is 0 Å². The number of carbonyl (C=O) groups excluding carboxylic acids is 1. The highest BCUT2D eigenvalue weighted by Gasteiger charge is 2.06. The van der Waals surface area contributed by atoms with Crippen LogP contribution in [0.3, 0.4) is 0 Å². The second kappa shape index (κ2) is 6.43. The number of nitrogens with two attached hydrogens (primary N) is 1. The fourth-order valence-corrected chi connectivity index (χ4v) is 1.97. The van der Waals surface area contributed by atoms with Gasteiger partial charge in [-0.3, -0.25) is 4.79 Å². The molecule has 0 saturated carbocycles. The third-order valence-electron chi connectivity index (χ3n) is 3.11. The number of primary amides is 1. The molecule has 18 heavy (non-hydrogen) atoms. The Kier molecular flexibility index (Phi) is 5.20. The van der Waals surface area contributed by atoms with Gasteiger partial charge in [-0.05, 0) is 42.5 Å². The van der Waals surface area contributed by atoms with E-state index in [1.54, 1.807) is 0 Å². The third kappa shape index (κ3) is 4.40. The fourth-order valence-electron chi connectivity index (χ4n) is 1.97. The summed E-state index contributed by atoms with van der Waals surface area (Å²) in [5.41, 5.74) is 8.99. The monoisotopic (exact) mass is 248 g/mol. The lowest BCUT2D eigenvalue weighted by Gasteiger charge is -2.21. The van der Waals surface area contributed by atoms with Crippen LogP contribution in [0, 0.1) is 6.92 Å². The molecule has 2 N–H and O–H groups in total. The molecule has 0 saturated heterocycles. The van der Waals surface area contributed by atoms with Gasteiger partial charge in [0.15, 0.2) is 0 Å². The fraction of sp³-hybridized carbons (Fsp3) is 0.533. The van der Waals surface area contributed by atoms with E-state index in [0.29, 0.717) is 12.3 Å². The first-order chi connectivity index (χ1) is 8.40. The van der Waals surface area contributed by atoms with Crippen LogP contribution in [0.4, 0.5) is 5.69 Å². The van der Waals surface area contributed by atoms with E-state index in [1.807, 2.05) is 0 Å². The first-order valence-corrected chi connectivity index (χ1v) is 6.51. The molecule has 0 aromatic heterocycles. The molecule has 0 radical (unpaired) electrons. The molecule has 0 bridgehead atoms. The smallest absolute Gasteiger partial charge is 0.217 e. The van der Waals surface area contributed by atoms with Crippen molar-refractivity contribution in [3.63, 3.8) is 0 Å². The van der Waals surface area contributed by atoms with Crippen molar-refractivity contribution in [3.05, 3.63) is 29.3 Å². The molecule has 0 unspecified atom stereocenters. The van der Waals surface area contributed by atoms with E-state index < -0.39 is 0 Å². The molecule has 0 heterocycles. The highest BCUT2D eigenvalue weighted by atomic mass is 16.1. The van der Waals surface area contributed by atoms with E-state index in [0.717, 1.165) is 13.0 Å². The second-order valence-electron chi connectivity index (χ2n) is 5.25. The number of hydrogen-bond donors (Lipinski definition) is 1. The Hall–Kier alpha value is -1.51. The molecule has 0 spiro atoms. The predicted molar refractivity (Wildman–Crippen MR) is 77.0 cm³/mol. The van der Waals surface area contributed by atoms with Gasteiger partial charge in [0.05, 0.1) is 0 Å². The standard InChI is InChI=1S/C15H24N2O/c1-11(2)13-8-12(3)9-14(10-13)17(4)7-5-6-15(16)18/h8-11H,5-7H2,1-4H3,(H2,16,18). The van der Waals surface area contributed by atoms with E-state index >= 15 is 0 Å². The Morgan fingerprint density at radius 1 is 1.33 bits per heavy atom. The number of aryl methyl sites for hydroxylation is 1. The van der Waals surface area contributed by atoms with Gasteiger partial charge < -0.3 is 10.6 Å². The van der Waals surface area contributed by atoms with Gasteiger partial charge >= 0.3 is 0 Å². The summed E-state index contributed by atoms with van der Waals surface area (Å²) in [7, 11) is 2.06. The topological polar surface area (TPSA) is 46.3 Å². The molecule has 0 aliphatic rings. The van der Waals surface area contributed by atoms with Crippen molar-refractivity contribution in [3.8, 4) is 0 Å². The molecule has 0 aliphatic carbocycles. The minimum absolute atomic E-state index is 0.226. The van der Waals surface area contributed by atoms with Crippen molar-refractivity contribution in [1.82, 2.24) is 0 Å². The van der Waals surface area contributed by atoms with Gasteiger partial charge in [0, 0.05) is 25.7 Å². The quantitative estimate of drug-likeness (QED) is 0.841. The minimum Gasteiger partial charge on any atom is -0.375 e. The number of nitrogens with zero attached hydrogens (tertiary/aromatic N) is 1. The summed E-state index contributed by atoms with van der Waals surface area (Å²) in [4.78, 5) is 12.9. The van der Waals surface area contributed by atoms with Crippen LogP contribution in [0.1, 0.15) is 43.7 Å². The van der Waals surface area contributed by atoms with Gasteiger partial charge in [-0.25, -0.2) is 0 Å². The zero-order chi connectivity index (χ0) is 13.7. The van der Waals surface area contributed by atoms with Crippen molar-refractivity contribution in [2.45, 2.75) is 39.5 Å². The lowest BCUT2D eigenvalue weighted by molar-refractivity contribution is -0.118. The van der Waals surface area contributed by atoms with Crippen LogP contribution < -0.4 is 10.6 Å². The van der Waals surface area contributed by atoms with E-state index in [-0.39, 0.29) is 5.91 Å². The zero-order valence-electron chi connectivity index (χ0n) is 11.9. The summed E-state index contributed by atoms with van der Waals surface area (Å²) in [6.07, 6.45) is 1.25.